The Bertz CT molecular complexity index is 467. The van der Waals surface area contributed by atoms with Crippen LogP contribution in [-0.4, -0.2) is 18.3 Å². The highest BCUT2D eigenvalue weighted by Crippen LogP contribution is 2.28. The average molecular weight is 228 g/mol. The number of hydrogen-bond donors (Lipinski definition) is 1. The number of hydrogen-bond acceptors (Lipinski definition) is 3. The second-order valence-corrected chi connectivity index (χ2v) is 7.27. The van der Waals surface area contributed by atoms with Gasteiger partial charge >= 0.3 is 0 Å². The normalized spacial score (nSPS) is 12.8. The van der Waals surface area contributed by atoms with Crippen molar-refractivity contribution in [3.05, 3.63) is 23.8 Å². The van der Waals surface area contributed by atoms with Crippen molar-refractivity contribution in [3.8, 4) is 5.75 Å². The molecule has 0 atom stereocenters. The van der Waals surface area contributed by atoms with Crippen molar-refractivity contribution in [2.24, 2.45) is 0 Å². The molecular weight excluding hydrogens is 212 g/mol. The third kappa shape index (κ3) is 2.15. The van der Waals surface area contributed by atoms with Crippen molar-refractivity contribution in [2.45, 2.75) is 37.3 Å². The Morgan fingerprint density at radius 3 is 2.13 bits per heavy atom. The molecule has 0 unspecified atom stereocenters. The van der Waals surface area contributed by atoms with Crippen LogP contribution in [0.5, 0.6) is 5.75 Å². The number of aromatic hydroxyl groups is 1. The van der Waals surface area contributed by atoms with Crippen molar-refractivity contribution in [3.63, 3.8) is 0 Å². The highest BCUT2D eigenvalue weighted by Gasteiger charge is 2.31. The molecule has 0 heterocycles. The number of phenols is 1. The van der Waals surface area contributed by atoms with Gasteiger partial charge in [-0.25, -0.2) is 8.42 Å². The minimum absolute atomic E-state index is 0.0142. The zero-order valence-corrected chi connectivity index (χ0v) is 10.2. The summed E-state index contributed by atoms with van der Waals surface area (Å²) in [6.07, 6.45) is 0. The third-order valence-corrected chi connectivity index (χ3v) is 4.78. The molecule has 3 nitrogen and oxygen atoms in total. The quantitative estimate of drug-likeness (QED) is 0.802. The van der Waals surface area contributed by atoms with Crippen LogP contribution in [0.1, 0.15) is 26.3 Å². The predicted octanol–water partition coefficient (Wildman–Crippen LogP) is 2.27. The largest absolute Gasteiger partial charge is 0.508 e. The van der Waals surface area contributed by atoms with Crippen LogP contribution in [0.15, 0.2) is 23.1 Å². The van der Waals surface area contributed by atoms with Gasteiger partial charge in [-0.3, -0.25) is 0 Å². The molecule has 1 rings (SSSR count). The summed E-state index contributed by atoms with van der Waals surface area (Å²) in [5.41, 5.74) is 0.669. The minimum Gasteiger partial charge on any atom is -0.508 e. The van der Waals surface area contributed by atoms with Gasteiger partial charge < -0.3 is 5.11 Å². The molecule has 0 bridgehead atoms. The molecule has 0 fully saturated rings. The van der Waals surface area contributed by atoms with Gasteiger partial charge in [0.05, 0.1) is 9.64 Å². The fourth-order valence-corrected chi connectivity index (χ4v) is 2.33. The Kier molecular flexibility index (Phi) is 2.83. The maximum absolute atomic E-state index is 12.0. The van der Waals surface area contributed by atoms with Crippen molar-refractivity contribution in [1.29, 1.82) is 0 Å². The van der Waals surface area contributed by atoms with Crippen LogP contribution < -0.4 is 0 Å². The van der Waals surface area contributed by atoms with Crippen LogP contribution in [0.4, 0.5) is 0 Å². The molecule has 84 valence electrons. The van der Waals surface area contributed by atoms with Gasteiger partial charge in [0, 0.05) is 0 Å². The smallest absolute Gasteiger partial charge is 0.183 e. The van der Waals surface area contributed by atoms with Crippen LogP contribution in [0.2, 0.25) is 0 Å². The van der Waals surface area contributed by atoms with Crippen molar-refractivity contribution in [2.75, 3.05) is 0 Å². The van der Waals surface area contributed by atoms with Crippen LogP contribution in [0.25, 0.3) is 0 Å². The van der Waals surface area contributed by atoms with E-state index < -0.39 is 14.6 Å². The molecule has 0 spiro atoms. The molecule has 0 aliphatic rings. The summed E-state index contributed by atoms with van der Waals surface area (Å²) in [5.74, 6) is 0.0142. The van der Waals surface area contributed by atoms with Crippen molar-refractivity contribution >= 4 is 9.84 Å². The summed E-state index contributed by atoms with van der Waals surface area (Å²) in [4.78, 5) is 0.165. The molecule has 15 heavy (non-hydrogen) atoms. The van der Waals surface area contributed by atoms with E-state index in [1.807, 2.05) is 0 Å². The highest BCUT2D eigenvalue weighted by atomic mass is 32.2. The Balaban J connectivity index is 3.36. The van der Waals surface area contributed by atoms with Gasteiger partial charge in [-0.1, -0.05) is 6.07 Å². The van der Waals surface area contributed by atoms with E-state index in [9.17, 15) is 13.5 Å². The van der Waals surface area contributed by atoms with Crippen LogP contribution in [0.3, 0.4) is 0 Å². The Morgan fingerprint density at radius 2 is 1.73 bits per heavy atom. The van der Waals surface area contributed by atoms with E-state index in [4.69, 9.17) is 0 Å². The highest BCUT2D eigenvalue weighted by molar-refractivity contribution is 7.92. The molecular formula is C11H16O3S. The summed E-state index contributed by atoms with van der Waals surface area (Å²) in [7, 11) is -3.38. The summed E-state index contributed by atoms with van der Waals surface area (Å²) in [6.45, 7) is 6.64. The zero-order valence-electron chi connectivity index (χ0n) is 9.40. The molecule has 0 saturated carbocycles. The van der Waals surface area contributed by atoms with E-state index >= 15 is 0 Å². The average Bonchev–Trinajstić information content (AvgIpc) is 2.07. The first-order chi connectivity index (χ1) is 6.66. The lowest BCUT2D eigenvalue weighted by Gasteiger charge is -2.19. The SMILES string of the molecule is Cc1ccc(S(=O)(=O)C(C)(C)C)cc1O. The second-order valence-electron chi connectivity index (χ2n) is 4.56. The summed E-state index contributed by atoms with van der Waals surface area (Å²) >= 11 is 0. The van der Waals surface area contributed by atoms with E-state index in [0.29, 0.717) is 5.56 Å². The fraction of sp³-hybridized carbons (Fsp3) is 0.455. The van der Waals surface area contributed by atoms with Gasteiger partial charge in [0.15, 0.2) is 9.84 Å². The number of aryl methyl sites for hydroxylation is 1. The lowest BCUT2D eigenvalue weighted by Crippen LogP contribution is -2.27. The number of rotatable bonds is 1. The van der Waals surface area contributed by atoms with Gasteiger partial charge in [0.1, 0.15) is 5.75 Å². The molecule has 0 amide bonds. The molecule has 1 aromatic carbocycles. The van der Waals surface area contributed by atoms with Gasteiger partial charge in [0.2, 0.25) is 0 Å². The lowest BCUT2D eigenvalue weighted by atomic mass is 10.2. The van der Waals surface area contributed by atoms with E-state index in [1.54, 1.807) is 33.8 Å². The molecule has 0 aliphatic heterocycles. The molecule has 0 aromatic heterocycles. The van der Waals surface area contributed by atoms with Gasteiger partial charge in [-0.2, -0.15) is 0 Å². The van der Waals surface area contributed by atoms with E-state index in [2.05, 4.69) is 0 Å². The van der Waals surface area contributed by atoms with Crippen LogP contribution >= 0.6 is 0 Å². The van der Waals surface area contributed by atoms with Gasteiger partial charge in [-0.15, -0.1) is 0 Å². The molecule has 1 aromatic rings. The Labute approximate surface area is 90.7 Å². The first-order valence-electron chi connectivity index (χ1n) is 4.70. The fourth-order valence-electron chi connectivity index (χ4n) is 1.11. The summed E-state index contributed by atoms with van der Waals surface area (Å²) in [5, 5.41) is 9.46. The Hall–Kier alpha value is -1.03. The topological polar surface area (TPSA) is 54.4 Å². The lowest BCUT2D eigenvalue weighted by molar-refractivity contribution is 0.468. The molecule has 4 heteroatoms. The first-order valence-corrected chi connectivity index (χ1v) is 6.19. The monoisotopic (exact) mass is 228 g/mol. The van der Waals surface area contributed by atoms with Crippen LogP contribution in [0, 0.1) is 6.92 Å². The van der Waals surface area contributed by atoms with Crippen LogP contribution in [-0.2, 0) is 9.84 Å². The standard InChI is InChI=1S/C11H16O3S/c1-8-5-6-9(7-10(8)12)15(13,14)11(2,3)4/h5-7,12H,1-4H3. The van der Waals surface area contributed by atoms with Gasteiger partial charge in [0.25, 0.3) is 0 Å². The molecule has 1 N–H and O–H groups in total. The van der Waals surface area contributed by atoms with E-state index in [-0.39, 0.29) is 10.6 Å². The maximum atomic E-state index is 12.0. The number of benzene rings is 1. The van der Waals surface area contributed by atoms with E-state index in [1.165, 1.54) is 12.1 Å². The summed E-state index contributed by atoms with van der Waals surface area (Å²) < 4.78 is 23.2. The zero-order chi connectivity index (χ0) is 11.9. The minimum atomic E-state index is -3.38. The third-order valence-electron chi connectivity index (χ3n) is 2.30. The second kappa shape index (κ2) is 3.52. The van der Waals surface area contributed by atoms with E-state index in [0.717, 1.165) is 0 Å². The molecule has 0 radical (unpaired) electrons. The van der Waals surface area contributed by atoms with Gasteiger partial charge in [-0.05, 0) is 45.4 Å². The number of sulfone groups is 1. The molecule has 0 saturated heterocycles. The Morgan fingerprint density at radius 1 is 1.20 bits per heavy atom. The van der Waals surface area contributed by atoms with Crippen molar-refractivity contribution < 1.29 is 13.5 Å². The number of phenolic OH excluding ortho intramolecular Hbond substituents is 1. The molecule has 0 aliphatic carbocycles. The maximum Gasteiger partial charge on any atom is 0.183 e. The predicted molar refractivity (Wildman–Crippen MR) is 59.8 cm³/mol. The van der Waals surface area contributed by atoms with Crippen molar-refractivity contribution in [1.82, 2.24) is 0 Å². The summed E-state index contributed by atoms with van der Waals surface area (Å²) in [6, 6.07) is 4.43. The first kappa shape index (κ1) is 12.0.